The molecule has 0 saturated carbocycles. The topological polar surface area (TPSA) is 48.8 Å². The van der Waals surface area contributed by atoms with Crippen LogP contribution in [0.3, 0.4) is 0 Å². The van der Waals surface area contributed by atoms with E-state index in [1.54, 1.807) is 7.11 Å². The van der Waals surface area contributed by atoms with Crippen LogP contribution < -0.4 is 9.64 Å². The number of hydrogen-bond acceptors (Lipinski definition) is 5. The molecule has 0 radical (unpaired) electrons. The molecule has 5 nitrogen and oxygen atoms in total. The zero-order valence-electron chi connectivity index (χ0n) is 14.4. The predicted molar refractivity (Wildman–Crippen MR) is 95.2 cm³/mol. The Morgan fingerprint density at radius 3 is 2.75 bits per heavy atom. The first kappa shape index (κ1) is 16.7. The van der Waals surface area contributed by atoms with Gasteiger partial charge in [0.2, 0.25) is 0 Å². The number of ether oxygens (including phenoxy) is 1. The van der Waals surface area contributed by atoms with Gasteiger partial charge >= 0.3 is 0 Å². The second kappa shape index (κ2) is 7.64. The summed E-state index contributed by atoms with van der Waals surface area (Å²) in [5.41, 5.74) is 3.42. The molecule has 1 aromatic heterocycles. The van der Waals surface area contributed by atoms with Crippen LogP contribution in [0.1, 0.15) is 17.7 Å². The van der Waals surface area contributed by atoms with Gasteiger partial charge < -0.3 is 14.7 Å². The maximum atomic E-state index is 9.74. The summed E-state index contributed by atoms with van der Waals surface area (Å²) in [4.78, 5) is 9.13. The number of methoxy groups -OCH3 is 1. The van der Waals surface area contributed by atoms with Crippen molar-refractivity contribution in [2.75, 3.05) is 32.2 Å². The van der Waals surface area contributed by atoms with Crippen molar-refractivity contribution >= 4 is 5.69 Å². The molecule has 5 heteroatoms. The van der Waals surface area contributed by atoms with Gasteiger partial charge in [-0.05, 0) is 36.2 Å². The number of likely N-dealkylation sites (N-methyl/N-ethyl adjacent to an activating group) is 1. The Morgan fingerprint density at radius 2 is 2.04 bits per heavy atom. The van der Waals surface area contributed by atoms with E-state index in [0.29, 0.717) is 0 Å². The summed E-state index contributed by atoms with van der Waals surface area (Å²) in [5.74, 6) is 0.875. The molecule has 1 aliphatic rings. The van der Waals surface area contributed by atoms with Gasteiger partial charge in [0.15, 0.2) is 0 Å². The summed E-state index contributed by atoms with van der Waals surface area (Å²) in [6.45, 7) is 2.76. The lowest BCUT2D eigenvalue weighted by Crippen LogP contribution is -2.41. The number of nitrogens with zero attached hydrogens (tertiary/aromatic N) is 3. The summed E-state index contributed by atoms with van der Waals surface area (Å²) in [6.07, 6.45) is 2.77. The minimum atomic E-state index is 0.117. The van der Waals surface area contributed by atoms with Crippen LogP contribution in [0.15, 0.2) is 42.6 Å². The van der Waals surface area contributed by atoms with Crippen molar-refractivity contribution in [2.45, 2.75) is 25.6 Å². The Bertz CT molecular complexity index is 660. The lowest BCUT2D eigenvalue weighted by Gasteiger charge is -2.35. The van der Waals surface area contributed by atoms with E-state index in [9.17, 15) is 5.11 Å². The molecule has 0 saturated heterocycles. The summed E-state index contributed by atoms with van der Waals surface area (Å²) < 4.78 is 5.23. The molecule has 1 N–H and O–H groups in total. The van der Waals surface area contributed by atoms with E-state index >= 15 is 0 Å². The Balaban J connectivity index is 1.81. The maximum Gasteiger partial charge on any atom is 0.118 e. The van der Waals surface area contributed by atoms with Crippen molar-refractivity contribution < 1.29 is 9.84 Å². The fraction of sp³-hybridized carbons (Fsp3) is 0.421. The van der Waals surface area contributed by atoms with Crippen LogP contribution in [0.5, 0.6) is 5.75 Å². The van der Waals surface area contributed by atoms with E-state index in [1.807, 2.05) is 31.4 Å². The Kier molecular flexibility index (Phi) is 5.33. The Labute approximate surface area is 143 Å². The summed E-state index contributed by atoms with van der Waals surface area (Å²) >= 11 is 0. The lowest BCUT2D eigenvalue weighted by molar-refractivity contribution is 0.204. The van der Waals surface area contributed by atoms with Crippen LogP contribution in [-0.2, 0) is 13.1 Å². The minimum absolute atomic E-state index is 0.117. The summed E-state index contributed by atoms with van der Waals surface area (Å²) in [7, 11) is 3.72. The van der Waals surface area contributed by atoms with E-state index in [1.165, 1.54) is 5.56 Å². The molecule has 1 aliphatic heterocycles. The van der Waals surface area contributed by atoms with E-state index in [0.717, 1.165) is 43.2 Å². The maximum absolute atomic E-state index is 9.74. The highest BCUT2D eigenvalue weighted by Crippen LogP contribution is 2.25. The van der Waals surface area contributed by atoms with E-state index in [-0.39, 0.29) is 12.6 Å². The van der Waals surface area contributed by atoms with E-state index in [2.05, 4.69) is 33.0 Å². The second-order valence-electron chi connectivity index (χ2n) is 6.26. The van der Waals surface area contributed by atoms with Gasteiger partial charge in [0.1, 0.15) is 5.75 Å². The minimum Gasteiger partial charge on any atom is -0.497 e. The third kappa shape index (κ3) is 3.68. The normalized spacial score (nSPS) is 18.6. The molecule has 2 aromatic rings. The van der Waals surface area contributed by atoms with Gasteiger partial charge in [0.05, 0.1) is 31.1 Å². The average molecular weight is 327 g/mol. The van der Waals surface area contributed by atoms with E-state index in [4.69, 9.17) is 4.74 Å². The van der Waals surface area contributed by atoms with Crippen LogP contribution in [0.4, 0.5) is 5.69 Å². The first-order valence-electron chi connectivity index (χ1n) is 8.34. The number of fused-ring (bicyclic) bond motifs is 1. The predicted octanol–water partition coefficient (Wildman–Crippen LogP) is 2.29. The summed E-state index contributed by atoms with van der Waals surface area (Å²) in [6, 6.07) is 12.4. The Hall–Kier alpha value is -2.11. The molecule has 0 bridgehead atoms. The lowest BCUT2D eigenvalue weighted by atomic mass is 10.1. The number of aliphatic hydroxyl groups is 1. The SMILES string of the molecule is COc1ccc(CN2CCC(CO)N(C)c3cccnc3C2)cc1. The van der Waals surface area contributed by atoms with Gasteiger partial charge in [-0.1, -0.05) is 12.1 Å². The molecule has 128 valence electrons. The first-order valence-corrected chi connectivity index (χ1v) is 8.34. The molecule has 1 atom stereocenters. The smallest absolute Gasteiger partial charge is 0.118 e. The molecule has 0 amide bonds. The van der Waals surface area contributed by atoms with Crippen LogP contribution in [0.25, 0.3) is 0 Å². The standard InChI is InChI=1S/C19H25N3O2/c1-21-16(14-23)9-11-22(13-18-19(21)4-3-10-20-18)12-15-5-7-17(24-2)8-6-15/h3-8,10,16,23H,9,11-14H2,1-2H3. The van der Waals surface area contributed by atoms with Crippen LogP contribution in [0.2, 0.25) is 0 Å². The molecule has 3 rings (SSSR count). The van der Waals surface area contributed by atoms with Crippen LogP contribution in [-0.4, -0.2) is 48.3 Å². The van der Waals surface area contributed by atoms with E-state index < -0.39 is 0 Å². The number of aromatic nitrogens is 1. The molecular formula is C19H25N3O2. The van der Waals surface area contributed by atoms with Gasteiger partial charge in [-0.2, -0.15) is 0 Å². The van der Waals surface area contributed by atoms with Gasteiger partial charge in [0, 0.05) is 32.9 Å². The first-order chi connectivity index (χ1) is 11.7. The number of aliphatic hydroxyl groups excluding tert-OH is 1. The highest BCUT2D eigenvalue weighted by molar-refractivity contribution is 5.51. The highest BCUT2D eigenvalue weighted by atomic mass is 16.5. The molecule has 0 spiro atoms. The van der Waals surface area contributed by atoms with Crippen molar-refractivity contribution in [3.8, 4) is 5.75 Å². The number of anilines is 1. The quantitative estimate of drug-likeness (QED) is 0.934. The molecular weight excluding hydrogens is 302 g/mol. The van der Waals surface area contributed by atoms with Gasteiger partial charge in [-0.15, -0.1) is 0 Å². The van der Waals surface area contributed by atoms with Crippen molar-refractivity contribution in [1.82, 2.24) is 9.88 Å². The molecule has 0 fully saturated rings. The average Bonchev–Trinajstić information content (AvgIpc) is 2.61. The van der Waals surface area contributed by atoms with Gasteiger partial charge in [-0.3, -0.25) is 9.88 Å². The highest BCUT2D eigenvalue weighted by Gasteiger charge is 2.23. The van der Waals surface area contributed by atoms with Crippen molar-refractivity contribution in [3.05, 3.63) is 53.9 Å². The number of rotatable bonds is 4. The molecule has 0 aliphatic carbocycles. The van der Waals surface area contributed by atoms with Crippen molar-refractivity contribution in [2.24, 2.45) is 0 Å². The van der Waals surface area contributed by atoms with Crippen LogP contribution in [0, 0.1) is 0 Å². The van der Waals surface area contributed by atoms with Gasteiger partial charge in [0.25, 0.3) is 0 Å². The fourth-order valence-electron chi connectivity index (χ4n) is 3.22. The second-order valence-corrected chi connectivity index (χ2v) is 6.26. The summed E-state index contributed by atoms with van der Waals surface area (Å²) in [5, 5.41) is 9.74. The largest absolute Gasteiger partial charge is 0.497 e. The van der Waals surface area contributed by atoms with Crippen molar-refractivity contribution in [3.63, 3.8) is 0 Å². The third-order valence-electron chi connectivity index (χ3n) is 4.72. The van der Waals surface area contributed by atoms with Gasteiger partial charge in [-0.25, -0.2) is 0 Å². The third-order valence-corrected chi connectivity index (χ3v) is 4.72. The zero-order valence-corrected chi connectivity index (χ0v) is 14.4. The fourth-order valence-corrected chi connectivity index (χ4v) is 3.22. The number of hydrogen-bond donors (Lipinski definition) is 1. The monoisotopic (exact) mass is 327 g/mol. The molecule has 1 unspecified atom stereocenters. The zero-order chi connectivity index (χ0) is 16.9. The van der Waals surface area contributed by atoms with Crippen LogP contribution >= 0.6 is 0 Å². The van der Waals surface area contributed by atoms with Crippen molar-refractivity contribution in [1.29, 1.82) is 0 Å². The molecule has 24 heavy (non-hydrogen) atoms. The molecule has 1 aromatic carbocycles. The number of pyridine rings is 1. The molecule has 2 heterocycles. The Morgan fingerprint density at radius 1 is 1.25 bits per heavy atom. The number of benzene rings is 1.